The lowest BCUT2D eigenvalue weighted by molar-refractivity contribution is 0.156. The number of rotatable bonds is 11. The van der Waals surface area contributed by atoms with Gasteiger partial charge in [-0.1, -0.05) is 139 Å². The standard InChI is InChI=1S/C26H32.C24H38/c1-3-4-5-22-10-12-23(13-11-22)14-15-24-16-18-26(19-17-24)20-25-8-6-21(2)7-9-25;1-3-5-19-7-11-21(12-8-19)23-15-17-24(18-16-23)22-13-9-20(6-4-2)10-14-22/h10-13,16-19,21,25H,3-9,20H2,1-2H3;7-8,11-12,20,22-24H,3-6,9-10,13-18H2,1-2H3. The van der Waals surface area contributed by atoms with E-state index in [4.69, 9.17) is 0 Å². The minimum absolute atomic E-state index is 0.841. The molecule has 6 rings (SSSR count). The Morgan fingerprint density at radius 3 is 1.52 bits per heavy atom. The van der Waals surface area contributed by atoms with Crippen LogP contribution >= 0.6 is 0 Å². The second kappa shape index (κ2) is 20.9. The molecule has 50 heavy (non-hydrogen) atoms. The first-order valence-corrected chi connectivity index (χ1v) is 21.3. The smallest absolute Gasteiger partial charge is 0.0249 e. The molecule has 0 heterocycles. The lowest BCUT2D eigenvalue weighted by Gasteiger charge is -2.38. The summed E-state index contributed by atoms with van der Waals surface area (Å²) in [4.78, 5) is 0. The van der Waals surface area contributed by atoms with Gasteiger partial charge in [0.1, 0.15) is 0 Å². The van der Waals surface area contributed by atoms with Crippen LogP contribution in [0.2, 0.25) is 0 Å². The molecule has 0 aliphatic heterocycles. The molecule has 3 aromatic rings. The van der Waals surface area contributed by atoms with E-state index in [1.54, 1.807) is 5.56 Å². The highest BCUT2D eigenvalue weighted by Gasteiger charge is 2.31. The summed E-state index contributed by atoms with van der Waals surface area (Å²) < 4.78 is 0. The zero-order valence-corrected chi connectivity index (χ0v) is 32.5. The molecule has 3 aliphatic rings. The molecule has 270 valence electrons. The van der Waals surface area contributed by atoms with E-state index in [9.17, 15) is 0 Å². The van der Waals surface area contributed by atoms with Gasteiger partial charge in [0.15, 0.2) is 0 Å². The van der Waals surface area contributed by atoms with Crippen molar-refractivity contribution < 1.29 is 0 Å². The van der Waals surface area contributed by atoms with Crippen LogP contribution in [0.4, 0.5) is 0 Å². The Labute approximate surface area is 308 Å². The van der Waals surface area contributed by atoms with Crippen molar-refractivity contribution in [1.29, 1.82) is 0 Å². The predicted octanol–water partition coefficient (Wildman–Crippen LogP) is 14.3. The van der Waals surface area contributed by atoms with Crippen molar-refractivity contribution in [3.63, 3.8) is 0 Å². The Bertz CT molecular complexity index is 1390. The van der Waals surface area contributed by atoms with Crippen LogP contribution in [-0.2, 0) is 19.3 Å². The summed E-state index contributed by atoms with van der Waals surface area (Å²) in [5.74, 6) is 12.4. The van der Waals surface area contributed by atoms with Crippen LogP contribution in [0.5, 0.6) is 0 Å². The van der Waals surface area contributed by atoms with Crippen LogP contribution < -0.4 is 0 Å². The van der Waals surface area contributed by atoms with Gasteiger partial charge in [-0.05, 0) is 159 Å². The molecule has 0 nitrogen and oxygen atoms in total. The predicted molar refractivity (Wildman–Crippen MR) is 218 cm³/mol. The maximum Gasteiger partial charge on any atom is 0.0249 e. The highest BCUT2D eigenvalue weighted by molar-refractivity contribution is 5.44. The monoisotopic (exact) mass is 671 g/mol. The van der Waals surface area contributed by atoms with Crippen LogP contribution in [0.25, 0.3) is 0 Å². The Morgan fingerprint density at radius 1 is 0.480 bits per heavy atom. The average Bonchev–Trinajstić information content (AvgIpc) is 3.16. The van der Waals surface area contributed by atoms with Crippen LogP contribution in [0.15, 0.2) is 72.8 Å². The van der Waals surface area contributed by atoms with E-state index in [0.29, 0.717) is 0 Å². The number of benzene rings is 3. The molecule has 3 aliphatic carbocycles. The molecule has 0 spiro atoms. The average molecular weight is 671 g/mol. The van der Waals surface area contributed by atoms with Crippen molar-refractivity contribution in [2.75, 3.05) is 0 Å². The number of aryl methyl sites for hydroxylation is 2. The van der Waals surface area contributed by atoms with E-state index in [0.717, 1.165) is 46.6 Å². The molecule has 0 saturated heterocycles. The SMILES string of the molecule is CCCCc1ccc(C#Cc2ccc(CC3CCC(C)CC3)cc2)cc1.CCCc1ccc(C2CCC(C3CCC(CCC)CC3)CC2)cc1. The summed E-state index contributed by atoms with van der Waals surface area (Å²) >= 11 is 0. The zero-order valence-electron chi connectivity index (χ0n) is 32.5. The van der Waals surface area contributed by atoms with Crippen molar-refractivity contribution in [2.24, 2.45) is 29.6 Å². The molecule has 0 amide bonds. The number of unbranched alkanes of at least 4 members (excludes halogenated alkanes) is 1. The van der Waals surface area contributed by atoms with Crippen LogP contribution in [-0.4, -0.2) is 0 Å². The van der Waals surface area contributed by atoms with E-state index >= 15 is 0 Å². The van der Waals surface area contributed by atoms with Crippen molar-refractivity contribution in [2.45, 2.75) is 162 Å². The van der Waals surface area contributed by atoms with Gasteiger partial charge in [0, 0.05) is 11.1 Å². The Kier molecular flexibility index (Phi) is 16.1. The van der Waals surface area contributed by atoms with Gasteiger partial charge in [-0.3, -0.25) is 0 Å². The highest BCUT2D eigenvalue weighted by Crippen LogP contribution is 2.44. The van der Waals surface area contributed by atoms with E-state index in [1.165, 1.54) is 145 Å². The first-order chi connectivity index (χ1) is 24.5. The molecule has 0 radical (unpaired) electrons. The van der Waals surface area contributed by atoms with Gasteiger partial charge in [-0.15, -0.1) is 0 Å². The van der Waals surface area contributed by atoms with E-state index in [1.807, 2.05) is 0 Å². The quantitative estimate of drug-likeness (QED) is 0.178. The Morgan fingerprint density at radius 2 is 0.980 bits per heavy atom. The van der Waals surface area contributed by atoms with E-state index in [2.05, 4.69) is 112 Å². The third-order valence-corrected chi connectivity index (χ3v) is 12.8. The van der Waals surface area contributed by atoms with Gasteiger partial charge in [-0.2, -0.15) is 0 Å². The molecular formula is C50H70. The van der Waals surface area contributed by atoms with Crippen LogP contribution in [0.3, 0.4) is 0 Å². The summed E-state index contributed by atoms with van der Waals surface area (Å²) in [5, 5.41) is 0. The summed E-state index contributed by atoms with van der Waals surface area (Å²) in [5.41, 5.74) is 8.22. The van der Waals surface area contributed by atoms with Gasteiger partial charge >= 0.3 is 0 Å². The fourth-order valence-corrected chi connectivity index (χ4v) is 9.40. The van der Waals surface area contributed by atoms with E-state index in [-0.39, 0.29) is 0 Å². The second-order valence-electron chi connectivity index (χ2n) is 16.8. The lowest BCUT2D eigenvalue weighted by atomic mass is 9.68. The van der Waals surface area contributed by atoms with Crippen molar-refractivity contribution >= 4 is 0 Å². The Balaban J connectivity index is 0.000000195. The van der Waals surface area contributed by atoms with Crippen LogP contribution in [0, 0.1) is 41.4 Å². The van der Waals surface area contributed by atoms with Gasteiger partial charge in [0.05, 0.1) is 0 Å². The fraction of sp³-hybridized carbons (Fsp3) is 0.600. The molecule has 0 heteroatoms. The summed E-state index contributed by atoms with van der Waals surface area (Å²) in [6, 6.07) is 27.2. The fourth-order valence-electron chi connectivity index (χ4n) is 9.40. The summed E-state index contributed by atoms with van der Waals surface area (Å²) in [6.45, 7) is 9.25. The molecular weight excluding hydrogens is 601 g/mol. The van der Waals surface area contributed by atoms with Gasteiger partial charge in [0.2, 0.25) is 0 Å². The van der Waals surface area contributed by atoms with Gasteiger partial charge < -0.3 is 0 Å². The normalized spacial score (nSPS) is 25.1. The molecule has 0 unspecified atom stereocenters. The van der Waals surface area contributed by atoms with E-state index < -0.39 is 0 Å². The molecule has 0 N–H and O–H groups in total. The first-order valence-electron chi connectivity index (χ1n) is 21.3. The lowest BCUT2D eigenvalue weighted by Crippen LogP contribution is -2.25. The van der Waals surface area contributed by atoms with Crippen LogP contribution in [0.1, 0.15) is 176 Å². The summed E-state index contributed by atoms with van der Waals surface area (Å²) in [7, 11) is 0. The number of hydrogen-bond acceptors (Lipinski definition) is 0. The topological polar surface area (TPSA) is 0 Å². The molecule has 3 saturated carbocycles. The third kappa shape index (κ3) is 12.5. The first kappa shape index (κ1) is 38.5. The van der Waals surface area contributed by atoms with Crippen molar-refractivity contribution in [1.82, 2.24) is 0 Å². The highest BCUT2D eigenvalue weighted by atomic mass is 14.4. The summed E-state index contributed by atoms with van der Waals surface area (Å²) in [6.07, 6.45) is 27.9. The molecule has 3 aromatic carbocycles. The Hall–Kier alpha value is -2.78. The minimum Gasteiger partial charge on any atom is -0.0654 e. The zero-order chi connectivity index (χ0) is 35.0. The largest absolute Gasteiger partial charge is 0.0654 e. The van der Waals surface area contributed by atoms with Crippen molar-refractivity contribution in [3.8, 4) is 11.8 Å². The molecule has 3 fully saturated rings. The maximum atomic E-state index is 3.31. The second-order valence-corrected chi connectivity index (χ2v) is 16.8. The molecule has 0 bridgehead atoms. The molecule has 0 atom stereocenters. The third-order valence-electron chi connectivity index (χ3n) is 12.8. The van der Waals surface area contributed by atoms with Gasteiger partial charge in [0.25, 0.3) is 0 Å². The maximum absolute atomic E-state index is 3.31. The van der Waals surface area contributed by atoms with Gasteiger partial charge in [-0.25, -0.2) is 0 Å². The number of hydrogen-bond donors (Lipinski definition) is 0. The minimum atomic E-state index is 0.841. The molecule has 0 aromatic heterocycles. The van der Waals surface area contributed by atoms with Crippen molar-refractivity contribution in [3.05, 3.63) is 106 Å².